The summed E-state index contributed by atoms with van der Waals surface area (Å²) >= 11 is 1.67. The molecule has 0 bridgehead atoms. The molecule has 0 saturated carbocycles. The first-order valence-electron chi connectivity index (χ1n) is 5.58. The summed E-state index contributed by atoms with van der Waals surface area (Å²) in [4.78, 5) is 12.4. The molecule has 0 unspecified atom stereocenters. The van der Waals surface area contributed by atoms with Crippen LogP contribution in [0.4, 0.5) is 5.69 Å². The summed E-state index contributed by atoms with van der Waals surface area (Å²) in [6.45, 7) is 0. The van der Waals surface area contributed by atoms with Gasteiger partial charge in [0.05, 0.1) is 11.4 Å². The van der Waals surface area contributed by atoms with Gasteiger partial charge in [0.1, 0.15) is 0 Å². The lowest BCUT2D eigenvalue weighted by molar-refractivity contribution is 0.100. The van der Waals surface area contributed by atoms with E-state index in [0.717, 1.165) is 5.69 Å². The Hall–Kier alpha value is -1.94. The fraction of sp³-hybridized carbons (Fsp3) is 0.0714. The molecular weight excluding hydrogens is 244 g/mol. The second kappa shape index (κ2) is 6.12. The van der Waals surface area contributed by atoms with Gasteiger partial charge in [0, 0.05) is 10.6 Å². The Morgan fingerprint density at radius 2 is 1.72 bits per heavy atom. The van der Waals surface area contributed by atoms with Crippen LogP contribution in [0.2, 0.25) is 0 Å². The lowest BCUT2D eigenvalue weighted by Crippen LogP contribution is -2.14. The predicted octanol–water partition coefficient (Wildman–Crippen LogP) is 2.95. The molecule has 0 spiro atoms. The Kier molecular flexibility index (Phi) is 4.25. The number of thioether (sulfide) groups is 1. The highest BCUT2D eigenvalue weighted by Gasteiger charge is 2.05. The summed E-state index contributed by atoms with van der Waals surface area (Å²) in [6.07, 6.45) is 0. The van der Waals surface area contributed by atoms with Crippen LogP contribution in [0, 0.1) is 0 Å². The van der Waals surface area contributed by atoms with Crippen molar-refractivity contribution in [2.75, 3.05) is 11.2 Å². The minimum absolute atomic E-state index is 0.414. The smallest absolute Gasteiger partial charge is 0.250 e. The van der Waals surface area contributed by atoms with Crippen molar-refractivity contribution in [3.8, 4) is 0 Å². The van der Waals surface area contributed by atoms with Gasteiger partial charge in [-0.3, -0.25) is 4.79 Å². The van der Waals surface area contributed by atoms with Gasteiger partial charge in [0.2, 0.25) is 0 Å². The highest BCUT2D eigenvalue weighted by Crippen LogP contribution is 2.20. The van der Waals surface area contributed by atoms with Crippen LogP contribution in [0.1, 0.15) is 10.4 Å². The van der Waals surface area contributed by atoms with E-state index in [4.69, 9.17) is 5.73 Å². The zero-order valence-corrected chi connectivity index (χ0v) is 10.6. The number of amides is 1. The van der Waals surface area contributed by atoms with Crippen LogP contribution in [0.5, 0.6) is 0 Å². The molecule has 2 aromatic carbocycles. The Labute approximate surface area is 110 Å². The Bertz CT molecular complexity index is 528. The second-order valence-corrected chi connectivity index (χ2v) is 4.74. The minimum atomic E-state index is -0.414. The van der Waals surface area contributed by atoms with Crippen LogP contribution in [-0.2, 0) is 0 Å². The lowest BCUT2D eigenvalue weighted by atomic mass is 10.2. The molecule has 2 rings (SSSR count). The van der Waals surface area contributed by atoms with Crippen molar-refractivity contribution < 1.29 is 4.79 Å². The second-order valence-electron chi connectivity index (χ2n) is 3.69. The maximum Gasteiger partial charge on any atom is 0.250 e. The van der Waals surface area contributed by atoms with E-state index >= 15 is 0 Å². The average Bonchev–Trinajstić information content (AvgIpc) is 2.40. The van der Waals surface area contributed by atoms with Crippen molar-refractivity contribution in [1.29, 1.82) is 0 Å². The predicted molar refractivity (Wildman–Crippen MR) is 75.7 cm³/mol. The van der Waals surface area contributed by atoms with Gasteiger partial charge in [-0.05, 0) is 24.3 Å². The number of primary amides is 1. The Morgan fingerprint density at radius 1 is 1.06 bits per heavy atom. The normalized spacial score (nSPS) is 10.0. The van der Waals surface area contributed by atoms with Gasteiger partial charge >= 0.3 is 0 Å². The highest BCUT2D eigenvalue weighted by atomic mass is 32.2. The number of hydrogen-bond acceptors (Lipinski definition) is 3. The summed E-state index contributed by atoms with van der Waals surface area (Å²) in [5.41, 5.74) is 6.60. The third-order valence-electron chi connectivity index (χ3n) is 2.44. The van der Waals surface area contributed by atoms with Gasteiger partial charge in [-0.25, -0.2) is 0 Å². The van der Waals surface area contributed by atoms with Gasteiger partial charge in [-0.2, -0.15) is 0 Å². The average molecular weight is 258 g/mol. The number of hydrogen-bond donors (Lipinski definition) is 2. The fourth-order valence-corrected chi connectivity index (χ4v) is 2.31. The van der Waals surface area contributed by atoms with Gasteiger partial charge in [0.15, 0.2) is 0 Å². The number of anilines is 1. The third-order valence-corrected chi connectivity index (χ3v) is 3.33. The summed E-state index contributed by atoms with van der Waals surface area (Å²) in [5, 5.41) is 3.21. The molecule has 0 heterocycles. The number of benzene rings is 2. The van der Waals surface area contributed by atoms with E-state index < -0.39 is 5.91 Å². The Balaban J connectivity index is 1.97. The van der Waals surface area contributed by atoms with E-state index in [0.29, 0.717) is 11.4 Å². The third kappa shape index (κ3) is 3.28. The van der Waals surface area contributed by atoms with E-state index in [1.807, 2.05) is 42.5 Å². The van der Waals surface area contributed by atoms with E-state index in [-0.39, 0.29) is 0 Å². The summed E-state index contributed by atoms with van der Waals surface area (Å²) in [7, 11) is 0. The quantitative estimate of drug-likeness (QED) is 0.640. The molecule has 0 aromatic heterocycles. The van der Waals surface area contributed by atoms with Crippen molar-refractivity contribution in [3.63, 3.8) is 0 Å². The first kappa shape index (κ1) is 12.5. The number of nitrogens with one attached hydrogen (secondary N) is 1. The molecule has 92 valence electrons. The topological polar surface area (TPSA) is 55.1 Å². The van der Waals surface area contributed by atoms with Gasteiger partial charge in [-0.15, -0.1) is 11.8 Å². The maximum absolute atomic E-state index is 11.2. The lowest BCUT2D eigenvalue weighted by Gasteiger charge is -2.09. The molecule has 4 heteroatoms. The molecule has 2 aromatic rings. The van der Waals surface area contributed by atoms with E-state index in [2.05, 4.69) is 5.32 Å². The maximum atomic E-state index is 11.2. The summed E-state index contributed by atoms with van der Waals surface area (Å²) < 4.78 is 0. The van der Waals surface area contributed by atoms with Gasteiger partial charge in [-0.1, -0.05) is 30.3 Å². The first-order chi connectivity index (χ1) is 8.77. The zero-order chi connectivity index (χ0) is 12.8. The van der Waals surface area contributed by atoms with Crippen molar-refractivity contribution in [2.45, 2.75) is 4.90 Å². The number of carbonyl (C=O) groups excluding carboxylic acids is 1. The van der Waals surface area contributed by atoms with E-state index in [1.165, 1.54) is 4.90 Å². The van der Waals surface area contributed by atoms with E-state index in [9.17, 15) is 4.79 Å². The first-order valence-corrected chi connectivity index (χ1v) is 6.56. The molecule has 0 radical (unpaired) electrons. The van der Waals surface area contributed by atoms with Crippen LogP contribution < -0.4 is 11.1 Å². The fourth-order valence-electron chi connectivity index (χ4n) is 1.57. The van der Waals surface area contributed by atoms with Gasteiger partial charge in [0.25, 0.3) is 5.91 Å². The zero-order valence-electron chi connectivity index (χ0n) is 9.80. The number of para-hydroxylation sites is 1. The molecule has 0 aliphatic heterocycles. The summed E-state index contributed by atoms with van der Waals surface area (Å²) in [5.74, 6) is 0.275. The summed E-state index contributed by atoms with van der Waals surface area (Å²) in [6, 6.07) is 17.3. The molecule has 0 fully saturated rings. The highest BCUT2D eigenvalue weighted by molar-refractivity contribution is 7.99. The molecule has 0 saturated heterocycles. The van der Waals surface area contributed by atoms with Crippen LogP contribution >= 0.6 is 11.8 Å². The number of carbonyl (C=O) groups is 1. The molecule has 0 aliphatic rings. The van der Waals surface area contributed by atoms with E-state index in [1.54, 1.807) is 23.9 Å². The van der Waals surface area contributed by atoms with Crippen molar-refractivity contribution in [3.05, 3.63) is 60.2 Å². The van der Waals surface area contributed by atoms with Crippen LogP contribution in [0.3, 0.4) is 0 Å². The SMILES string of the molecule is NC(=O)c1ccccc1NCSc1ccccc1. The standard InChI is InChI=1S/C14H14N2OS/c15-14(17)12-8-4-5-9-13(12)16-10-18-11-6-2-1-3-7-11/h1-9,16H,10H2,(H2,15,17). The van der Waals surface area contributed by atoms with Crippen molar-refractivity contribution in [2.24, 2.45) is 5.73 Å². The molecule has 0 atom stereocenters. The minimum Gasteiger partial charge on any atom is -0.375 e. The van der Waals surface area contributed by atoms with Crippen molar-refractivity contribution in [1.82, 2.24) is 0 Å². The Morgan fingerprint density at radius 3 is 2.44 bits per heavy atom. The van der Waals surface area contributed by atoms with Gasteiger partial charge < -0.3 is 11.1 Å². The van der Waals surface area contributed by atoms with Crippen molar-refractivity contribution >= 4 is 23.4 Å². The molecule has 3 nitrogen and oxygen atoms in total. The van der Waals surface area contributed by atoms with Crippen LogP contribution in [-0.4, -0.2) is 11.8 Å². The number of rotatable bonds is 5. The molecular formula is C14H14N2OS. The monoisotopic (exact) mass is 258 g/mol. The molecule has 1 amide bonds. The molecule has 3 N–H and O–H groups in total. The largest absolute Gasteiger partial charge is 0.375 e. The molecule has 0 aliphatic carbocycles. The van der Waals surface area contributed by atoms with Crippen LogP contribution in [0.25, 0.3) is 0 Å². The molecule has 18 heavy (non-hydrogen) atoms. The number of nitrogens with two attached hydrogens (primary N) is 1. The van der Waals surface area contributed by atoms with Crippen LogP contribution in [0.15, 0.2) is 59.5 Å².